The third kappa shape index (κ3) is 5.17. The van der Waals surface area contributed by atoms with Crippen LogP contribution in [0.2, 0.25) is 0 Å². The molecule has 0 unspecified atom stereocenters. The number of amides is 1. The summed E-state index contributed by atoms with van der Waals surface area (Å²) in [5, 5.41) is 13.2. The predicted molar refractivity (Wildman–Crippen MR) is 131 cm³/mol. The smallest absolute Gasteiger partial charge is 0.336 e. The summed E-state index contributed by atoms with van der Waals surface area (Å²) in [5.41, 5.74) is 1.33. The number of benzene rings is 2. The number of piperazine rings is 1. The van der Waals surface area contributed by atoms with E-state index in [1.165, 1.54) is 6.07 Å². The number of carbonyl (C=O) groups is 2. The van der Waals surface area contributed by atoms with Crippen molar-refractivity contribution in [3.8, 4) is 0 Å². The fourth-order valence-electron chi connectivity index (χ4n) is 3.95. The zero-order valence-electron chi connectivity index (χ0n) is 19.6. The molecule has 1 fully saturated rings. The van der Waals surface area contributed by atoms with E-state index in [0.717, 1.165) is 0 Å². The quantitative estimate of drug-likeness (QED) is 0.583. The first-order chi connectivity index (χ1) is 16.1. The molecule has 1 saturated heterocycles. The molecule has 2 aromatic carbocycles. The van der Waals surface area contributed by atoms with E-state index in [-0.39, 0.29) is 17.3 Å². The molecule has 0 atom stereocenters. The lowest BCUT2D eigenvalue weighted by atomic mass is 9.95. The molecular formula is C26H29FN4O3. The van der Waals surface area contributed by atoms with Gasteiger partial charge in [0.25, 0.3) is 0 Å². The molecule has 1 aliphatic rings. The summed E-state index contributed by atoms with van der Waals surface area (Å²) in [6, 6.07) is 13.5. The maximum atomic E-state index is 14.0. The van der Waals surface area contributed by atoms with Gasteiger partial charge in [0.2, 0.25) is 5.91 Å². The van der Waals surface area contributed by atoms with Crippen molar-refractivity contribution in [2.75, 3.05) is 36.4 Å². The number of carboxylic acids is 1. The second-order valence-corrected chi connectivity index (χ2v) is 9.62. The van der Waals surface area contributed by atoms with Gasteiger partial charge in [-0.1, -0.05) is 39.0 Å². The number of halogens is 1. The zero-order valence-corrected chi connectivity index (χ0v) is 19.6. The molecular weight excluding hydrogens is 435 g/mol. The molecule has 0 saturated carbocycles. The number of rotatable bonds is 5. The van der Waals surface area contributed by atoms with Gasteiger partial charge in [-0.25, -0.2) is 14.2 Å². The number of nitrogens with one attached hydrogen (secondary N) is 1. The second kappa shape index (κ2) is 9.38. The van der Waals surface area contributed by atoms with E-state index >= 15 is 0 Å². The average Bonchev–Trinajstić information content (AvgIpc) is 2.79. The summed E-state index contributed by atoms with van der Waals surface area (Å²) in [6.45, 7) is 8.73. The van der Waals surface area contributed by atoms with Gasteiger partial charge < -0.3 is 15.3 Å². The second-order valence-electron chi connectivity index (χ2n) is 9.62. The Bertz CT molecular complexity index is 1230. The van der Waals surface area contributed by atoms with Gasteiger partial charge in [0.1, 0.15) is 11.6 Å². The highest BCUT2D eigenvalue weighted by Gasteiger charge is 2.23. The Labute approximate surface area is 198 Å². The number of anilines is 2. The zero-order chi connectivity index (χ0) is 24.5. The van der Waals surface area contributed by atoms with Gasteiger partial charge in [0, 0.05) is 54.8 Å². The van der Waals surface area contributed by atoms with Crippen LogP contribution in [0.25, 0.3) is 10.9 Å². The Kier molecular flexibility index (Phi) is 6.52. The monoisotopic (exact) mass is 464 g/mol. The van der Waals surface area contributed by atoms with Crippen molar-refractivity contribution in [3.63, 3.8) is 0 Å². The van der Waals surface area contributed by atoms with Gasteiger partial charge in [-0.05, 0) is 30.3 Å². The number of carboxylic acid groups (broad SMARTS) is 1. The molecule has 0 bridgehead atoms. The number of pyridine rings is 1. The van der Waals surface area contributed by atoms with Crippen LogP contribution in [0.3, 0.4) is 0 Å². The molecule has 2 N–H and O–H groups in total. The summed E-state index contributed by atoms with van der Waals surface area (Å²) < 4.78 is 14.0. The Morgan fingerprint density at radius 2 is 1.76 bits per heavy atom. The predicted octanol–water partition coefficient (Wildman–Crippen LogP) is 4.38. The van der Waals surface area contributed by atoms with Crippen molar-refractivity contribution >= 4 is 34.3 Å². The first kappa shape index (κ1) is 23.6. The topological polar surface area (TPSA) is 85.8 Å². The third-order valence-corrected chi connectivity index (χ3v) is 6.01. The molecule has 3 aromatic rings. The first-order valence-corrected chi connectivity index (χ1v) is 11.3. The largest absolute Gasteiger partial charge is 0.478 e. The molecule has 1 aliphatic heterocycles. The van der Waals surface area contributed by atoms with E-state index in [9.17, 15) is 19.1 Å². The van der Waals surface area contributed by atoms with Crippen LogP contribution in [-0.4, -0.2) is 53.0 Å². The summed E-state index contributed by atoms with van der Waals surface area (Å²) >= 11 is 0. The molecule has 4 rings (SSSR count). The van der Waals surface area contributed by atoms with Crippen LogP contribution < -0.4 is 10.2 Å². The van der Waals surface area contributed by atoms with Crippen molar-refractivity contribution in [1.82, 2.24) is 9.88 Å². The van der Waals surface area contributed by atoms with Crippen molar-refractivity contribution in [2.24, 2.45) is 5.41 Å². The van der Waals surface area contributed by atoms with Crippen LogP contribution in [0.4, 0.5) is 15.9 Å². The fraction of sp³-hybridized carbons (Fsp3) is 0.346. The highest BCUT2D eigenvalue weighted by Crippen LogP contribution is 2.28. The third-order valence-electron chi connectivity index (χ3n) is 6.01. The fourth-order valence-corrected chi connectivity index (χ4v) is 3.95. The average molecular weight is 465 g/mol. The standard InChI is InChI=1S/C26H29FN4O3/c1-26(2,3)25(34)28-18-8-9-22-19(14-18)20(24(32)33)15-23(29-22)31-12-10-30(11-13-31)16-17-6-4-5-7-21(17)27/h4-9,14-15H,10-13,16H2,1-3H3,(H,28,34)(H,32,33). The number of nitrogens with zero attached hydrogens (tertiary/aromatic N) is 3. The van der Waals surface area contributed by atoms with Crippen molar-refractivity contribution < 1.29 is 19.1 Å². The van der Waals surface area contributed by atoms with Crippen LogP contribution in [0, 0.1) is 11.2 Å². The summed E-state index contributed by atoms with van der Waals surface area (Å²) in [5.74, 6) is -0.806. The lowest BCUT2D eigenvalue weighted by Gasteiger charge is -2.35. The van der Waals surface area contributed by atoms with Crippen LogP contribution in [0.5, 0.6) is 0 Å². The van der Waals surface area contributed by atoms with Crippen LogP contribution >= 0.6 is 0 Å². The van der Waals surface area contributed by atoms with Gasteiger partial charge in [0.05, 0.1) is 11.1 Å². The molecule has 0 aliphatic carbocycles. The van der Waals surface area contributed by atoms with Gasteiger partial charge >= 0.3 is 5.97 Å². The molecule has 2 heterocycles. The molecule has 1 amide bonds. The van der Waals surface area contributed by atoms with E-state index < -0.39 is 11.4 Å². The van der Waals surface area contributed by atoms with E-state index in [2.05, 4.69) is 15.1 Å². The van der Waals surface area contributed by atoms with Gasteiger partial charge in [-0.2, -0.15) is 0 Å². The van der Waals surface area contributed by atoms with Crippen molar-refractivity contribution in [2.45, 2.75) is 27.3 Å². The Hall–Kier alpha value is -3.52. The van der Waals surface area contributed by atoms with E-state index in [4.69, 9.17) is 4.98 Å². The number of fused-ring (bicyclic) bond motifs is 1. The minimum atomic E-state index is -1.05. The lowest BCUT2D eigenvalue weighted by molar-refractivity contribution is -0.123. The molecule has 34 heavy (non-hydrogen) atoms. The minimum Gasteiger partial charge on any atom is -0.478 e. The van der Waals surface area contributed by atoms with E-state index in [0.29, 0.717) is 60.7 Å². The molecule has 178 valence electrons. The van der Waals surface area contributed by atoms with Gasteiger partial charge in [-0.15, -0.1) is 0 Å². The molecule has 0 spiro atoms. The highest BCUT2D eigenvalue weighted by atomic mass is 19.1. The SMILES string of the molecule is CC(C)(C)C(=O)Nc1ccc2nc(N3CCN(Cc4ccccc4F)CC3)cc(C(=O)O)c2c1. The van der Waals surface area contributed by atoms with E-state index in [1.54, 1.807) is 36.4 Å². The number of aromatic nitrogens is 1. The first-order valence-electron chi connectivity index (χ1n) is 11.3. The Morgan fingerprint density at radius 1 is 1.06 bits per heavy atom. The molecule has 8 heteroatoms. The Balaban J connectivity index is 1.53. The maximum Gasteiger partial charge on any atom is 0.336 e. The number of hydrogen-bond donors (Lipinski definition) is 2. The summed E-state index contributed by atoms with van der Waals surface area (Å²) in [6.07, 6.45) is 0. The summed E-state index contributed by atoms with van der Waals surface area (Å²) in [7, 11) is 0. The maximum absolute atomic E-state index is 14.0. The normalized spacial score (nSPS) is 14.9. The number of hydrogen-bond acceptors (Lipinski definition) is 5. The van der Waals surface area contributed by atoms with Crippen LogP contribution in [0.1, 0.15) is 36.7 Å². The van der Waals surface area contributed by atoms with Gasteiger partial charge in [0.15, 0.2) is 0 Å². The van der Waals surface area contributed by atoms with Gasteiger partial charge in [-0.3, -0.25) is 9.69 Å². The van der Waals surface area contributed by atoms with Crippen LogP contribution in [0.15, 0.2) is 48.5 Å². The number of carbonyl (C=O) groups excluding carboxylic acids is 1. The summed E-state index contributed by atoms with van der Waals surface area (Å²) in [4.78, 5) is 33.3. The Morgan fingerprint density at radius 3 is 2.41 bits per heavy atom. The van der Waals surface area contributed by atoms with Crippen molar-refractivity contribution in [1.29, 1.82) is 0 Å². The highest BCUT2D eigenvalue weighted by molar-refractivity contribution is 6.05. The van der Waals surface area contributed by atoms with E-state index in [1.807, 2.05) is 26.8 Å². The van der Waals surface area contributed by atoms with Crippen molar-refractivity contribution in [3.05, 3.63) is 65.5 Å². The minimum absolute atomic E-state index is 0.139. The molecule has 7 nitrogen and oxygen atoms in total. The number of aromatic carboxylic acids is 1. The van der Waals surface area contributed by atoms with Crippen LogP contribution in [-0.2, 0) is 11.3 Å². The lowest BCUT2D eigenvalue weighted by Crippen LogP contribution is -2.46. The molecule has 1 aromatic heterocycles. The molecule has 0 radical (unpaired) electrons.